The quantitative estimate of drug-likeness (QED) is 0.174. The molecular formula is C18H22N10O4S. The number of H-pyrrole nitrogens is 1. The summed E-state index contributed by atoms with van der Waals surface area (Å²) in [5.41, 5.74) is 10.8. The van der Waals surface area contributed by atoms with E-state index >= 15 is 0 Å². The third-order valence-corrected chi connectivity index (χ3v) is 6.90. The van der Waals surface area contributed by atoms with Crippen molar-refractivity contribution in [1.29, 1.82) is 0 Å². The fourth-order valence-electron chi connectivity index (χ4n) is 3.93. The van der Waals surface area contributed by atoms with Gasteiger partial charge in [0.05, 0.1) is 0 Å². The summed E-state index contributed by atoms with van der Waals surface area (Å²) in [6, 6.07) is 2.27. The molecular weight excluding hydrogens is 452 g/mol. The lowest BCUT2D eigenvalue weighted by Gasteiger charge is -2.44. The van der Waals surface area contributed by atoms with Crippen LogP contribution in [-0.4, -0.2) is 70.6 Å². The Balaban J connectivity index is 1.54. The van der Waals surface area contributed by atoms with Crippen LogP contribution in [0.3, 0.4) is 0 Å². The lowest BCUT2D eigenvalue weighted by Crippen LogP contribution is -2.68. The van der Waals surface area contributed by atoms with Crippen LogP contribution >= 0.6 is 11.8 Å². The van der Waals surface area contributed by atoms with Crippen molar-refractivity contribution in [2.45, 2.75) is 42.1 Å². The van der Waals surface area contributed by atoms with E-state index in [9.17, 15) is 19.5 Å². The first-order valence-electron chi connectivity index (χ1n) is 9.81. The number of fused-ring (bicyclic) bond motifs is 1. The number of nitrogens with two attached hydrogens (primary N) is 2. The van der Waals surface area contributed by atoms with Gasteiger partial charge in [0.25, 0.3) is 0 Å². The van der Waals surface area contributed by atoms with Crippen LogP contribution in [0.1, 0.15) is 37.3 Å². The maximum Gasteiger partial charge on any atom is 0.345 e. The number of hydrogen-bond donors (Lipinski definition) is 6. The highest BCUT2D eigenvalue weighted by atomic mass is 32.2. The number of rotatable bonds is 5. The second-order valence-electron chi connectivity index (χ2n) is 8.03. The Morgan fingerprint density at radius 1 is 1.30 bits per heavy atom. The fourth-order valence-corrected chi connectivity index (χ4v) is 5.56. The zero-order valence-electron chi connectivity index (χ0n) is 17.6. The number of β-lactam (4-membered cyclic amide) rings is 1. The SMILES string of the molecule is CC1(C)S[C@H]2C(NC(=O)C(NC(=O)N=C(N)N)c3ccc(O)cc3)C(=O)N2C1c1nn[nH]n1. The second-order valence-corrected chi connectivity index (χ2v) is 9.80. The van der Waals surface area contributed by atoms with Crippen LogP contribution in [0, 0.1) is 0 Å². The summed E-state index contributed by atoms with van der Waals surface area (Å²) in [5, 5.41) is 28.3. The van der Waals surface area contributed by atoms with Crippen LogP contribution in [0.25, 0.3) is 0 Å². The lowest BCUT2D eigenvalue weighted by molar-refractivity contribution is -0.152. The first-order valence-corrected chi connectivity index (χ1v) is 10.7. The van der Waals surface area contributed by atoms with E-state index in [1.165, 1.54) is 36.0 Å². The molecule has 1 aromatic carbocycles. The van der Waals surface area contributed by atoms with Gasteiger partial charge in [0.2, 0.25) is 11.8 Å². The van der Waals surface area contributed by atoms with E-state index < -0.39 is 40.8 Å². The molecule has 174 valence electrons. The summed E-state index contributed by atoms with van der Waals surface area (Å²) in [7, 11) is 0. The molecule has 0 spiro atoms. The van der Waals surface area contributed by atoms with Gasteiger partial charge in [-0.05, 0) is 31.5 Å². The van der Waals surface area contributed by atoms with Crippen LogP contribution in [0.15, 0.2) is 29.3 Å². The third-order valence-electron chi connectivity index (χ3n) is 5.33. The third kappa shape index (κ3) is 4.13. The maximum atomic E-state index is 13.1. The van der Waals surface area contributed by atoms with Crippen LogP contribution in [0.4, 0.5) is 4.79 Å². The Bertz CT molecular complexity index is 1100. The molecule has 4 rings (SSSR count). The molecule has 0 saturated carbocycles. The summed E-state index contributed by atoms with van der Waals surface area (Å²) >= 11 is 1.50. The Morgan fingerprint density at radius 2 is 2.00 bits per heavy atom. The van der Waals surface area contributed by atoms with Gasteiger partial charge in [0, 0.05) is 4.75 Å². The number of carbonyl (C=O) groups is 3. The number of nitrogens with zero attached hydrogens (tertiary/aromatic N) is 5. The summed E-state index contributed by atoms with van der Waals surface area (Å²) in [6.07, 6.45) is 0. The van der Waals surface area contributed by atoms with Crippen LogP contribution in [0.5, 0.6) is 5.75 Å². The highest BCUT2D eigenvalue weighted by Crippen LogP contribution is 2.56. The van der Waals surface area contributed by atoms with Crippen LogP contribution in [0.2, 0.25) is 0 Å². The zero-order valence-corrected chi connectivity index (χ0v) is 18.4. The molecule has 0 radical (unpaired) electrons. The summed E-state index contributed by atoms with van der Waals surface area (Å²) in [5.74, 6) is -1.05. The molecule has 0 aliphatic carbocycles. The molecule has 2 aliphatic rings. The van der Waals surface area contributed by atoms with Crippen LogP contribution in [-0.2, 0) is 9.59 Å². The number of carbonyl (C=O) groups excluding carboxylic acids is 3. The summed E-state index contributed by atoms with van der Waals surface area (Å²) in [4.78, 5) is 43.2. The number of guanidine groups is 1. The van der Waals surface area contributed by atoms with Gasteiger partial charge in [0.15, 0.2) is 11.8 Å². The molecule has 2 fully saturated rings. The van der Waals surface area contributed by atoms with E-state index in [-0.39, 0.29) is 17.0 Å². The smallest absolute Gasteiger partial charge is 0.345 e. The highest BCUT2D eigenvalue weighted by molar-refractivity contribution is 8.01. The van der Waals surface area contributed by atoms with Crippen molar-refractivity contribution >= 4 is 35.6 Å². The number of aliphatic imine (C=N–C) groups is 1. The van der Waals surface area contributed by atoms with Gasteiger partial charge in [-0.25, -0.2) is 4.79 Å². The number of amides is 4. The molecule has 3 unspecified atom stereocenters. The molecule has 8 N–H and O–H groups in total. The van der Waals surface area contributed by atoms with Gasteiger partial charge < -0.3 is 32.1 Å². The second kappa shape index (κ2) is 8.23. The van der Waals surface area contributed by atoms with Gasteiger partial charge in [-0.1, -0.05) is 17.3 Å². The highest BCUT2D eigenvalue weighted by Gasteiger charge is 2.63. The van der Waals surface area contributed by atoms with E-state index in [1.54, 1.807) is 4.90 Å². The van der Waals surface area contributed by atoms with E-state index in [4.69, 9.17) is 11.5 Å². The molecule has 0 bridgehead atoms. The Hall–Kier alpha value is -3.88. The number of aromatic nitrogens is 4. The number of tetrazole rings is 1. The number of urea groups is 1. The van der Waals surface area contributed by atoms with Gasteiger partial charge in [-0.15, -0.1) is 22.0 Å². The monoisotopic (exact) mass is 474 g/mol. The minimum absolute atomic E-state index is 0.0182. The predicted molar refractivity (Wildman–Crippen MR) is 116 cm³/mol. The molecule has 4 amide bonds. The number of aromatic hydroxyl groups is 1. The van der Waals surface area contributed by atoms with Crippen molar-refractivity contribution in [2.24, 2.45) is 16.5 Å². The summed E-state index contributed by atoms with van der Waals surface area (Å²) < 4.78 is -0.429. The average Bonchev–Trinajstić information content (AvgIpc) is 3.34. The molecule has 2 saturated heterocycles. The molecule has 14 nitrogen and oxygen atoms in total. The Morgan fingerprint density at radius 3 is 2.61 bits per heavy atom. The Labute approximate surface area is 191 Å². The molecule has 2 aromatic rings. The Kier molecular flexibility index (Phi) is 5.57. The molecule has 1 aromatic heterocycles. The van der Waals surface area contributed by atoms with E-state index in [0.717, 1.165) is 0 Å². The number of aromatic amines is 1. The van der Waals surface area contributed by atoms with Crippen LogP contribution < -0.4 is 22.1 Å². The number of hydrogen-bond acceptors (Lipinski definition) is 8. The molecule has 2 aliphatic heterocycles. The first-order chi connectivity index (χ1) is 15.6. The van der Waals surface area contributed by atoms with Crippen molar-refractivity contribution in [3.8, 4) is 5.75 Å². The van der Waals surface area contributed by atoms with Gasteiger partial charge in [-0.3, -0.25) is 9.59 Å². The molecule has 3 heterocycles. The van der Waals surface area contributed by atoms with E-state index in [0.29, 0.717) is 11.4 Å². The largest absolute Gasteiger partial charge is 0.508 e. The maximum absolute atomic E-state index is 13.1. The van der Waals surface area contributed by atoms with Crippen molar-refractivity contribution < 1.29 is 19.5 Å². The number of phenols is 1. The van der Waals surface area contributed by atoms with E-state index in [1.807, 2.05) is 13.8 Å². The van der Waals surface area contributed by atoms with Gasteiger partial charge in [-0.2, -0.15) is 10.2 Å². The standard InChI is InChI=1S/C18H22N10O4S/c1-18(2)11(12-24-26-27-25-12)28-14(31)10(15(28)33-18)21-13(30)9(22-17(32)23-16(19)20)7-3-5-8(29)6-4-7/h3-6,9-11,15,29H,1-2H3,(H,21,30)(H,24,25,26,27)(H5,19,20,22,23,32)/t9?,10?,11?,15-/m0/s1. The number of thioether (sulfide) groups is 1. The lowest BCUT2D eigenvalue weighted by atomic mass is 9.95. The van der Waals surface area contributed by atoms with Gasteiger partial charge >= 0.3 is 6.03 Å². The zero-order chi connectivity index (χ0) is 23.9. The summed E-state index contributed by atoms with van der Waals surface area (Å²) in [6.45, 7) is 3.91. The van der Waals surface area contributed by atoms with Crippen molar-refractivity contribution in [1.82, 2.24) is 36.2 Å². The number of phenolic OH excluding ortho intramolecular Hbond substituents is 1. The molecule has 33 heavy (non-hydrogen) atoms. The molecule has 15 heteroatoms. The minimum Gasteiger partial charge on any atom is -0.508 e. The van der Waals surface area contributed by atoms with Crippen molar-refractivity contribution in [3.63, 3.8) is 0 Å². The molecule has 4 atom stereocenters. The van der Waals surface area contributed by atoms with Crippen molar-refractivity contribution in [3.05, 3.63) is 35.7 Å². The normalized spacial score (nSPS) is 23.8. The van der Waals surface area contributed by atoms with E-state index in [2.05, 4.69) is 36.3 Å². The minimum atomic E-state index is -1.21. The first kappa shape index (κ1) is 22.3. The number of nitrogens with one attached hydrogen (secondary N) is 3. The predicted octanol–water partition coefficient (Wildman–Crippen LogP) is -1.15. The topological polar surface area (TPSA) is 218 Å². The van der Waals surface area contributed by atoms with Crippen molar-refractivity contribution in [2.75, 3.05) is 0 Å². The fraction of sp³-hybridized carbons (Fsp3) is 0.389. The van der Waals surface area contributed by atoms with Gasteiger partial charge in [0.1, 0.15) is 29.2 Å². The average molecular weight is 475 g/mol. The number of benzene rings is 1.